The molecule has 0 saturated heterocycles. The van der Waals surface area contributed by atoms with E-state index < -0.39 is 0 Å². The number of hydrogen-bond acceptors (Lipinski definition) is 4. The zero-order valence-corrected chi connectivity index (χ0v) is 15.1. The molecule has 0 spiro atoms. The van der Waals surface area contributed by atoms with Gasteiger partial charge in [-0.1, -0.05) is 30.3 Å². The Labute approximate surface area is 161 Å². The summed E-state index contributed by atoms with van der Waals surface area (Å²) in [6.45, 7) is 0.217. The molecule has 4 nitrogen and oxygen atoms in total. The zero-order chi connectivity index (χ0) is 19.5. The monoisotopic (exact) mass is 376 g/mol. The van der Waals surface area contributed by atoms with Crippen LogP contribution in [-0.2, 0) is 6.61 Å². The Balaban J connectivity index is 1.53. The molecule has 1 aliphatic heterocycles. The third-order valence-electron chi connectivity index (χ3n) is 4.36. The van der Waals surface area contributed by atoms with E-state index in [1.807, 2.05) is 24.3 Å². The number of carbonyl (C=O) groups is 1. The fourth-order valence-electron chi connectivity index (χ4n) is 2.98. The maximum Gasteiger partial charge on any atom is 0.231 e. The van der Waals surface area contributed by atoms with Gasteiger partial charge in [0.2, 0.25) is 5.78 Å². The fourth-order valence-corrected chi connectivity index (χ4v) is 2.98. The van der Waals surface area contributed by atoms with Crippen LogP contribution in [0.4, 0.5) is 4.39 Å². The maximum absolute atomic E-state index is 13.3. The number of ketones is 1. The molecule has 5 heteroatoms. The van der Waals surface area contributed by atoms with Gasteiger partial charge in [-0.05, 0) is 42.0 Å². The highest BCUT2D eigenvalue weighted by molar-refractivity contribution is 6.14. The predicted molar refractivity (Wildman–Crippen MR) is 103 cm³/mol. The standard InChI is InChI=1S/C23H17FO4/c1-26-20-8-3-2-6-16(20)12-22-23(25)19-10-9-18(13-21(19)28-22)27-14-15-5-4-7-17(24)11-15/h2-13H,14H2,1H3/b22-12-. The number of rotatable bonds is 5. The number of fused-ring (bicyclic) bond motifs is 1. The summed E-state index contributed by atoms with van der Waals surface area (Å²) < 4.78 is 30.0. The van der Waals surface area contributed by atoms with Crippen molar-refractivity contribution >= 4 is 11.9 Å². The molecule has 0 atom stereocenters. The molecule has 0 N–H and O–H groups in total. The summed E-state index contributed by atoms with van der Waals surface area (Å²) in [5.41, 5.74) is 1.94. The first-order chi connectivity index (χ1) is 13.6. The molecule has 0 unspecified atom stereocenters. The first-order valence-electron chi connectivity index (χ1n) is 8.72. The molecule has 4 rings (SSSR count). The summed E-state index contributed by atoms with van der Waals surface area (Å²) in [5, 5.41) is 0. The van der Waals surface area contributed by atoms with Crippen molar-refractivity contribution in [3.63, 3.8) is 0 Å². The Morgan fingerprint density at radius 1 is 1.04 bits per heavy atom. The van der Waals surface area contributed by atoms with Crippen molar-refractivity contribution in [1.29, 1.82) is 0 Å². The van der Waals surface area contributed by atoms with Gasteiger partial charge in [-0.3, -0.25) is 4.79 Å². The molecule has 0 radical (unpaired) electrons. The highest BCUT2D eigenvalue weighted by Gasteiger charge is 2.28. The van der Waals surface area contributed by atoms with Crippen LogP contribution in [0.5, 0.6) is 17.2 Å². The van der Waals surface area contributed by atoms with Crippen LogP contribution in [0, 0.1) is 5.82 Å². The van der Waals surface area contributed by atoms with Gasteiger partial charge >= 0.3 is 0 Å². The predicted octanol–water partition coefficient (Wildman–Crippen LogP) is 5.03. The maximum atomic E-state index is 13.3. The van der Waals surface area contributed by atoms with Crippen LogP contribution >= 0.6 is 0 Å². The van der Waals surface area contributed by atoms with Crippen LogP contribution in [0.25, 0.3) is 6.08 Å². The van der Waals surface area contributed by atoms with Crippen molar-refractivity contribution in [2.24, 2.45) is 0 Å². The lowest BCUT2D eigenvalue weighted by molar-refractivity contribution is 0.101. The smallest absolute Gasteiger partial charge is 0.231 e. The number of methoxy groups -OCH3 is 1. The second kappa shape index (κ2) is 7.56. The summed E-state index contributed by atoms with van der Waals surface area (Å²) >= 11 is 0. The van der Waals surface area contributed by atoms with E-state index in [1.54, 1.807) is 43.5 Å². The second-order valence-electron chi connectivity index (χ2n) is 6.26. The van der Waals surface area contributed by atoms with Crippen molar-refractivity contribution in [1.82, 2.24) is 0 Å². The molecule has 0 aliphatic carbocycles. The molecule has 0 saturated carbocycles. The number of carbonyl (C=O) groups excluding carboxylic acids is 1. The molecular weight excluding hydrogens is 359 g/mol. The molecule has 1 heterocycles. The molecule has 0 aromatic heterocycles. The van der Waals surface area contributed by atoms with E-state index in [2.05, 4.69) is 0 Å². The number of benzene rings is 3. The van der Waals surface area contributed by atoms with Crippen molar-refractivity contribution < 1.29 is 23.4 Å². The van der Waals surface area contributed by atoms with Crippen LogP contribution in [-0.4, -0.2) is 12.9 Å². The van der Waals surface area contributed by atoms with Gasteiger partial charge in [0.05, 0.1) is 12.7 Å². The third-order valence-corrected chi connectivity index (χ3v) is 4.36. The average Bonchev–Trinajstić information content (AvgIpc) is 3.02. The van der Waals surface area contributed by atoms with Gasteiger partial charge in [-0.2, -0.15) is 0 Å². The van der Waals surface area contributed by atoms with Gasteiger partial charge < -0.3 is 14.2 Å². The van der Waals surface area contributed by atoms with Crippen molar-refractivity contribution in [2.45, 2.75) is 6.61 Å². The lowest BCUT2D eigenvalue weighted by atomic mass is 10.1. The summed E-state index contributed by atoms with van der Waals surface area (Å²) in [6.07, 6.45) is 1.66. The van der Waals surface area contributed by atoms with E-state index in [1.165, 1.54) is 12.1 Å². The van der Waals surface area contributed by atoms with Gasteiger partial charge in [0, 0.05) is 11.6 Å². The molecule has 3 aromatic carbocycles. The highest BCUT2D eigenvalue weighted by atomic mass is 19.1. The molecule has 0 bridgehead atoms. The van der Waals surface area contributed by atoms with Gasteiger partial charge in [-0.25, -0.2) is 4.39 Å². The molecule has 3 aromatic rings. The van der Waals surface area contributed by atoms with E-state index >= 15 is 0 Å². The molecule has 0 amide bonds. The molecular formula is C23H17FO4. The molecule has 0 fully saturated rings. The normalized spacial score (nSPS) is 13.9. The Kier molecular flexibility index (Phi) is 4.81. The van der Waals surface area contributed by atoms with Crippen LogP contribution < -0.4 is 14.2 Å². The zero-order valence-electron chi connectivity index (χ0n) is 15.1. The second-order valence-corrected chi connectivity index (χ2v) is 6.26. The lowest BCUT2D eigenvalue weighted by Crippen LogP contribution is -1.98. The first-order valence-corrected chi connectivity index (χ1v) is 8.72. The summed E-state index contributed by atoms with van der Waals surface area (Å²) in [6, 6.07) is 18.6. The van der Waals surface area contributed by atoms with Gasteiger partial charge in [0.15, 0.2) is 5.76 Å². The van der Waals surface area contributed by atoms with Crippen LogP contribution in [0.1, 0.15) is 21.5 Å². The number of ether oxygens (including phenoxy) is 3. The quantitative estimate of drug-likeness (QED) is 0.586. The fraction of sp³-hybridized carbons (Fsp3) is 0.0870. The van der Waals surface area contributed by atoms with Gasteiger partial charge in [0.25, 0.3) is 0 Å². The minimum absolute atomic E-state index is 0.197. The lowest BCUT2D eigenvalue weighted by Gasteiger charge is -2.07. The van der Waals surface area contributed by atoms with Crippen molar-refractivity contribution in [3.8, 4) is 17.2 Å². The third kappa shape index (κ3) is 3.60. The van der Waals surface area contributed by atoms with E-state index in [0.717, 1.165) is 5.56 Å². The minimum atomic E-state index is -0.310. The molecule has 140 valence electrons. The van der Waals surface area contributed by atoms with Crippen molar-refractivity contribution in [3.05, 3.63) is 95.0 Å². The Morgan fingerprint density at radius 2 is 1.89 bits per heavy atom. The Morgan fingerprint density at radius 3 is 2.71 bits per heavy atom. The highest BCUT2D eigenvalue weighted by Crippen LogP contribution is 2.35. The molecule has 1 aliphatic rings. The minimum Gasteiger partial charge on any atom is -0.496 e. The van der Waals surface area contributed by atoms with Crippen LogP contribution in [0.15, 0.2) is 72.5 Å². The van der Waals surface area contributed by atoms with E-state index in [-0.39, 0.29) is 24.0 Å². The van der Waals surface area contributed by atoms with Crippen LogP contribution in [0.3, 0.4) is 0 Å². The molecule has 28 heavy (non-hydrogen) atoms. The average molecular weight is 376 g/mol. The first kappa shape index (κ1) is 17.8. The summed E-state index contributed by atoms with van der Waals surface area (Å²) in [7, 11) is 1.58. The Hall–Kier alpha value is -3.60. The SMILES string of the molecule is COc1ccccc1/C=C1\Oc2cc(OCc3cccc(F)c3)ccc2C1=O. The number of Topliss-reactive ketones (excluding diaryl/α,β-unsaturated/α-hetero) is 1. The Bertz CT molecular complexity index is 1070. The number of para-hydroxylation sites is 1. The van der Waals surface area contributed by atoms with E-state index in [0.29, 0.717) is 28.4 Å². The topological polar surface area (TPSA) is 44.8 Å². The summed E-state index contributed by atoms with van der Waals surface area (Å²) in [4.78, 5) is 12.6. The van der Waals surface area contributed by atoms with Gasteiger partial charge in [0.1, 0.15) is 29.7 Å². The van der Waals surface area contributed by atoms with Gasteiger partial charge in [-0.15, -0.1) is 0 Å². The van der Waals surface area contributed by atoms with Crippen molar-refractivity contribution in [2.75, 3.05) is 7.11 Å². The van der Waals surface area contributed by atoms with E-state index in [4.69, 9.17) is 14.2 Å². The number of halogens is 1. The van der Waals surface area contributed by atoms with E-state index in [9.17, 15) is 9.18 Å². The number of hydrogen-bond donors (Lipinski definition) is 0. The summed E-state index contributed by atoms with van der Waals surface area (Å²) in [5.74, 6) is 1.34. The largest absolute Gasteiger partial charge is 0.496 e. The van der Waals surface area contributed by atoms with Crippen LogP contribution in [0.2, 0.25) is 0 Å². The number of allylic oxidation sites excluding steroid dienone is 1.